The summed E-state index contributed by atoms with van der Waals surface area (Å²) >= 11 is 0. The Morgan fingerprint density at radius 2 is 2.56 bits per heavy atom. The highest BCUT2D eigenvalue weighted by atomic mass is 16.5. The predicted molar refractivity (Wildman–Crippen MR) is 30.8 cm³/mol. The summed E-state index contributed by atoms with van der Waals surface area (Å²) in [7, 11) is 0. The summed E-state index contributed by atoms with van der Waals surface area (Å²) in [5.41, 5.74) is 0.289. The van der Waals surface area contributed by atoms with Crippen LogP contribution in [0.5, 0.6) is 0 Å². The lowest BCUT2D eigenvalue weighted by Gasteiger charge is -2.03. The summed E-state index contributed by atoms with van der Waals surface area (Å²) in [6.45, 7) is 0.172. The summed E-state index contributed by atoms with van der Waals surface area (Å²) in [5, 5.41) is 8.36. The molecule has 1 N–H and O–H groups in total. The van der Waals surface area contributed by atoms with E-state index in [0.717, 1.165) is 0 Å². The fraction of sp³-hybridized carbons (Fsp3) is 0.167. The van der Waals surface area contributed by atoms with Gasteiger partial charge < -0.3 is 9.84 Å². The molecule has 0 aliphatic carbocycles. The van der Waals surface area contributed by atoms with Crippen molar-refractivity contribution in [3.63, 3.8) is 0 Å². The first-order valence-corrected chi connectivity index (χ1v) is 2.51. The summed E-state index contributed by atoms with van der Waals surface area (Å²) in [6.07, 6.45) is 4.55. The number of hydrogen-bond acceptors (Lipinski definition) is 2. The van der Waals surface area contributed by atoms with Crippen molar-refractivity contribution in [3.05, 3.63) is 24.0 Å². The lowest BCUT2D eigenvalue weighted by atomic mass is 10.2. The van der Waals surface area contributed by atoms with E-state index in [9.17, 15) is 4.79 Å². The van der Waals surface area contributed by atoms with E-state index in [2.05, 4.69) is 0 Å². The Morgan fingerprint density at radius 1 is 1.78 bits per heavy atom. The van der Waals surface area contributed by atoms with E-state index in [1.54, 1.807) is 6.08 Å². The van der Waals surface area contributed by atoms with Gasteiger partial charge in [0, 0.05) is 0 Å². The standard InChI is InChI=1S/C6H6O3/c7-6(8)5-2-1-3-9-4-5/h1-3H,4H2,(H,7,8). The molecule has 0 aromatic rings. The Labute approximate surface area is 52.2 Å². The van der Waals surface area contributed by atoms with Gasteiger partial charge in [0.15, 0.2) is 0 Å². The molecule has 0 atom stereocenters. The number of hydrogen-bond donors (Lipinski definition) is 1. The highest BCUT2D eigenvalue weighted by molar-refractivity contribution is 5.87. The van der Waals surface area contributed by atoms with Crippen LogP contribution in [0.3, 0.4) is 0 Å². The molecule has 0 spiro atoms. The molecule has 0 amide bonds. The Kier molecular flexibility index (Phi) is 1.53. The van der Waals surface area contributed by atoms with Crippen LogP contribution in [-0.4, -0.2) is 17.7 Å². The van der Waals surface area contributed by atoms with Crippen LogP contribution in [0, 0.1) is 0 Å². The van der Waals surface area contributed by atoms with E-state index >= 15 is 0 Å². The molecule has 0 aromatic carbocycles. The number of carboxylic acids is 1. The molecule has 48 valence electrons. The first-order valence-electron chi connectivity index (χ1n) is 2.51. The van der Waals surface area contributed by atoms with Crippen LogP contribution in [-0.2, 0) is 9.53 Å². The highest BCUT2D eigenvalue weighted by Gasteiger charge is 2.06. The molecule has 0 radical (unpaired) electrons. The molecule has 1 aliphatic heterocycles. The van der Waals surface area contributed by atoms with Gasteiger partial charge in [-0.3, -0.25) is 0 Å². The molecule has 0 saturated carbocycles. The second-order valence-corrected chi connectivity index (χ2v) is 1.64. The lowest BCUT2D eigenvalue weighted by molar-refractivity contribution is -0.133. The molecule has 3 nitrogen and oxygen atoms in total. The van der Waals surface area contributed by atoms with E-state index in [1.165, 1.54) is 12.3 Å². The second-order valence-electron chi connectivity index (χ2n) is 1.64. The number of rotatable bonds is 1. The van der Waals surface area contributed by atoms with Crippen LogP contribution in [0.25, 0.3) is 0 Å². The monoisotopic (exact) mass is 126 g/mol. The van der Waals surface area contributed by atoms with Gasteiger partial charge in [-0.05, 0) is 12.2 Å². The van der Waals surface area contributed by atoms with Gasteiger partial charge in [0.2, 0.25) is 0 Å². The van der Waals surface area contributed by atoms with Gasteiger partial charge in [-0.15, -0.1) is 0 Å². The third-order valence-corrected chi connectivity index (χ3v) is 0.986. The predicted octanol–water partition coefficient (Wildman–Crippen LogP) is 0.541. The van der Waals surface area contributed by atoms with E-state index in [0.29, 0.717) is 0 Å². The molecule has 1 rings (SSSR count). The topological polar surface area (TPSA) is 46.5 Å². The molecular weight excluding hydrogens is 120 g/mol. The van der Waals surface area contributed by atoms with Gasteiger partial charge in [0.25, 0.3) is 0 Å². The summed E-state index contributed by atoms with van der Waals surface area (Å²) < 4.78 is 4.71. The third-order valence-electron chi connectivity index (χ3n) is 0.986. The Bertz CT molecular complexity index is 179. The van der Waals surface area contributed by atoms with Gasteiger partial charge in [0.1, 0.15) is 6.61 Å². The molecule has 0 aromatic heterocycles. The first-order chi connectivity index (χ1) is 4.30. The fourth-order valence-electron chi connectivity index (χ4n) is 0.530. The van der Waals surface area contributed by atoms with Crippen molar-refractivity contribution >= 4 is 5.97 Å². The highest BCUT2D eigenvalue weighted by Crippen LogP contribution is 2.01. The normalized spacial score (nSPS) is 16.2. The van der Waals surface area contributed by atoms with Crippen molar-refractivity contribution in [2.24, 2.45) is 0 Å². The molecule has 1 heterocycles. The van der Waals surface area contributed by atoms with E-state index in [1.807, 2.05) is 0 Å². The van der Waals surface area contributed by atoms with Gasteiger partial charge in [0.05, 0.1) is 11.8 Å². The lowest BCUT2D eigenvalue weighted by Crippen LogP contribution is -2.07. The maximum absolute atomic E-state index is 10.2. The summed E-state index contributed by atoms with van der Waals surface area (Å²) in [4.78, 5) is 10.2. The fourth-order valence-corrected chi connectivity index (χ4v) is 0.530. The zero-order valence-corrected chi connectivity index (χ0v) is 4.70. The van der Waals surface area contributed by atoms with Crippen LogP contribution < -0.4 is 0 Å². The van der Waals surface area contributed by atoms with Crippen molar-refractivity contribution < 1.29 is 14.6 Å². The SMILES string of the molecule is O=C(O)C1=CC=COC1. The van der Waals surface area contributed by atoms with Crippen molar-refractivity contribution in [1.29, 1.82) is 0 Å². The number of ether oxygens (including phenoxy) is 1. The number of carbonyl (C=O) groups is 1. The van der Waals surface area contributed by atoms with Crippen LogP contribution >= 0.6 is 0 Å². The van der Waals surface area contributed by atoms with Gasteiger partial charge >= 0.3 is 5.97 Å². The van der Waals surface area contributed by atoms with Crippen molar-refractivity contribution in [3.8, 4) is 0 Å². The largest absolute Gasteiger partial charge is 0.496 e. The zero-order valence-electron chi connectivity index (χ0n) is 4.70. The molecule has 0 bridgehead atoms. The van der Waals surface area contributed by atoms with Gasteiger partial charge in [-0.2, -0.15) is 0 Å². The first kappa shape index (κ1) is 5.88. The minimum absolute atomic E-state index is 0.172. The van der Waals surface area contributed by atoms with Crippen LogP contribution in [0.1, 0.15) is 0 Å². The van der Waals surface area contributed by atoms with E-state index < -0.39 is 5.97 Å². The van der Waals surface area contributed by atoms with E-state index in [-0.39, 0.29) is 12.2 Å². The molecular formula is C6H6O3. The minimum Gasteiger partial charge on any atom is -0.496 e. The third kappa shape index (κ3) is 1.32. The second kappa shape index (κ2) is 2.35. The molecule has 0 unspecified atom stereocenters. The van der Waals surface area contributed by atoms with Crippen LogP contribution in [0.4, 0.5) is 0 Å². The Hall–Kier alpha value is -1.25. The van der Waals surface area contributed by atoms with Crippen molar-refractivity contribution in [2.45, 2.75) is 0 Å². The minimum atomic E-state index is -0.917. The quantitative estimate of drug-likeness (QED) is 0.557. The Morgan fingerprint density at radius 3 is 2.89 bits per heavy atom. The van der Waals surface area contributed by atoms with Crippen molar-refractivity contribution in [1.82, 2.24) is 0 Å². The average Bonchev–Trinajstić information content (AvgIpc) is 1.90. The number of carboxylic acid groups (broad SMARTS) is 1. The molecule has 9 heavy (non-hydrogen) atoms. The van der Waals surface area contributed by atoms with Gasteiger partial charge in [-0.25, -0.2) is 4.79 Å². The molecule has 0 saturated heterocycles. The molecule has 1 aliphatic rings. The van der Waals surface area contributed by atoms with Gasteiger partial charge in [-0.1, -0.05) is 0 Å². The number of aliphatic carboxylic acids is 1. The Balaban J connectivity index is 2.68. The average molecular weight is 126 g/mol. The van der Waals surface area contributed by atoms with Crippen molar-refractivity contribution in [2.75, 3.05) is 6.61 Å². The van der Waals surface area contributed by atoms with Crippen LogP contribution in [0.2, 0.25) is 0 Å². The maximum atomic E-state index is 10.2. The molecule has 0 fully saturated rings. The molecule has 3 heteroatoms. The number of allylic oxidation sites excluding steroid dienone is 2. The smallest absolute Gasteiger partial charge is 0.335 e. The zero-order chi connectivity index (χ0) is 6.69. The van der Waals surface area contributed by atoms with E-state index in [4.69, 9.17) is 9.84 Å². The summed E-state index contributed by atoms with van der Waals surface area (Å²) in [6, 6.07) is 0. The maximum Gasteiger partial charge on any atom is 0.335 e. The summed E-state index contributed by atoms with van der Waals surface area (Å²) in [5.74, 6) is -0.917. The van der Waals surface area contributed by atoms with Crippen LogP contribution in [0.15, 0.2) is 24.0 Å².